The maximum atomic E-state index is 11.3. The molecule has 0 aromatic heterocycles. The van der Waals surface area contributed by atoms with E-state index in [1.54, 1.807) is 12.1 Å². The Hall–Kier alpha value is -2.64. The summed E-state index contributed by atoms with van der Waals surface area (Å²) < 4.78 is 5.33. The van der Waals surface area contributed by atoms with Crippen LogP contribution in [0.1, 0.15) is 5.56 Å². The summed E-state index contributed by atoms with van der Waals surface area (Å²) >= 11 is 0. The van der Waals surface area contributed by atoms with E-state index in [9.17, 15) is 10.1 Å². The molecular weight excluding hydrogens is 332 g/mol. The molecule has 138 valence electrons. The lowest BCUT2D eigenvalue weighted by atomic mass is 10.2. The maximum Gasteiger partial charge on any atom is 0.292 e. The highest BCUT2D eigenvalue weighted by Crippen LogP contribution is 2.29. The Balaban J connectivity index is 1.67. The fourth-order valence-electron chi connectivity index (χ4n) is 2.89. The second kappa shape index (κ2) is 8.64. The molecule has 7 heteroatoms. The molecule has 0 amide bonds. The van der Waals surface area contributed by atoms with E-state index in [2.05, 4.69) is 15.5 Å². The van der Waals surface area contributed by atoms with Crippen LogP contribution in [0.3, 0.4) is 0 Å². The standard InChI is InChI=1S/C19H24N4O3/c1-15-2-4-16(5-3-15)21-17-6-7-19(23(24)25)18(14-17)20-8-9-22-10-12-26-13-11-22/h2-7,14,20-21H,8-13H2,1H3. The zero-order chi connectivity index (χ0) is 18.4. The molecule has 1 aliphatic rings. The summed E-state index contributed by atoms with van der Waals surface area (Å²) in [4.78, 5) is 13.2. The summed E-state index contributed by atoms with van der Waals surface area (Å²) in [6.45, 7) is 6.81. The predicted octanol–water partition coefficient (Wildman–Crippen LogP) is 3.39. The minimum Gasteiger partial charge on any atom is -0.379 e. The van der Waals surface area contributed by atoms with Gasteiger partial charge in [0.1, 0.15) is 5.69 Å². The molecule has 0 atom stereocenters. The second-order valence-corrected chi connectivity index (χ2v) is 6.36. The average molecular weight is 356 g/mol. The molecule has 1 saturated heterocycles. The van der Waals surface area contributed by atoms with Crippen LogP contribution in [-0.2, 0) is 4.74 Å². The predicted molar refractivity (Wildman–Crippen MR) is 103 cm³/mol. The topological polar surface area (TPSA) is 79.7 Å². The molecule has 0 radical (unpaired) electrons. The van der Waals surface area contributed by atoms with Crippen molar-refractivity contribution in [3.8, 4) is 0 Å². The molecule has 26 heavy (non-hydrogen) atoms. The van der Waals surface area contributed by atoms with Gasteiger partial charge < -0.3 is 15.4 Å². The van der Waals surface area contributed by atoms with Crippen LogP contribution in [0.5, 0.6) is 0 Å². The summed E-state index contributed by atoms with van der Waals surface area (Å²) in [6, 6.07) is 13.1. The van der Waals surface area contributed by atoms with Gasteiger partial charge >= 0.3 is 0 Å². The summed E-state index contributed by atoms with van der Waals surface area (Å²) in [5, 5.41) is 17.8. The Bertz CT molecular complexity index is 743. The number of nitrogens with zero attached hydrogens (tertiary/aromatic N) is 2. The largest absolute Gasteiger partial charge is 0.379 e. The second-order valence-electron chi connectivity index (χ2n) is 6.36. The first kappa shape index (κ1) is 18.2. The van der Waals surface area contributed by atoms with Crippen molar-refractivity contribution in [1.29, 1.82) is 0 Å². The van der Waals surface area contributed by atoms with Crippen LogP contribution >= 0.6 is 0 Å². The molecule has 1 heterocycles. The SMILES string of the molecule is Cc1ccc(Nc2ccc([N+](=O)[O-])c(NCCN3CCOCC3)c2)cc1. The van der Waals surface area contributed by atoms with Gasteiger partial charge in [-0.15, -0.1) is 0 Å². The van der Waals surface area contributed by atoms with Crippen LogP contribution in [0.4, 0.5) is 22.7 Å². The van der Waals surface area contributed by atoms with Gasteiger partial charge in [0, 0.05) is 43.6 Å². The Kier molecular flexibility index (Phi) is 6.04. The number of rotatable bonds is 7. The molecule has 0 unspecified atom stereocenters. The van der Waals surface area contributed by atoms with Crippen LogP contribution in [0.25, 0.3) is 0 Å². The smallest absolute Gasteiger partial charge is 0.292 e. The van der Waals surface area contributed by atoms with Crippen LogP contribution in [0, 0.1) is 17.0 Å². The highest BCUT2D eigenvalue weighted by molar-refractivity contribution is 5.71. The van der Waals surface area contributed by atoms with E-state index in [-0.39, 0.29) is 10.6 Å². The zero-order valence-electron chi connectivity index (χ0n) is 14.9. The monoisotopic (exact) mass is 356 g/mol. The highest BCUT2D eigenvalue weighted by Gasteiger charge is 2.15. The third-order valence-electron chi connectivity index (χ3n) is 4.38. The fourth-order valence-corrected chi connectivity index (χ4v) is 2.89. The Labute approximate surface area is 153 Å². The van der Waals surface area contributed by atoms with E-state index in [0.29, 0.717) is 12.2 Å². The van der Waals surface area contributed by atoms with Crippen LogP contribution in [0.15, 0.2) is 42.5 Å². The molecular formula is C19H24N4O3. The fraction of sp³-hybridized carbons (Fsp3) is 0.368. The lowest BCUT2D eigenvalue weighted by Gasteiger charge is -2.26. The molecule has 0 saturated carbocycles. The molecule has 2 aromatic rings. The lowest BCUT2D eigenvalue weighted by Crippen LogP contribution is -2.39. The van der Waals surface area contributed by atoms with Gasteiger partial charge in [0.25, 0.3) is 5.69 Å². The number of benzene rings is 2. The molecule has 7 nitrogen and oxygen atoms in total. The molecule has 2 N–H and O–H groups in total. The molecule has 0 bridgehead atoms. The van der Waals surface area contributed by atoms with Gasteiger partial charge in [0.15, 0.2) is 0 Å². The van der Waals surface area contributed by atoms with Gasteiger partial charge in [-0.25, -0.2) is 0 Å². The lowest BCUT2D eigenvalue weighted by molar-refractivity contribution is -0.383. The van der Waals surface area contributed by atoms with Crippen molar-refractivity contribution in [3.63, 3.8) is 0 Å². The summed E-state index contributed by atoms with van der Waals surface area (Å²) in [7, 11) is 0. The Morgan fingerprint density at radius 3 is 2.50 bits per heavy atom. The molecule has 1 aliphatic heterocycles. The molecule has 2 aromatic carbocycles. The number of aryl methyl sites for hydroxylation is 1. The minimum atomic E-state index is -0.354. The Morgan fingerprint density at radius 2 is 1.81 bits per heavy atom. The number of nitro benzene ring substituents is 1. The van der Waals surface area contributed by atoms with Crippen molar-refractivity contribution in [3.05, 3.63) is 58.1 Å². The van der Waals surface area contributed by atoms with Gasteiger partial charge in [0.2, 0.25) is 0 Å². The number of hydrogen-bond acceptors (Lipinski definition) is 6. The summed E-state index contributed by atoms with van der Waals surface area (Å²) in [6.07, 6.45) is 0. The van der Waals surface area contributed by atoms with E-state index >= 15 is 0 Å². The van der Waals surface area contributed by atoms with Crippen LogP contribution in [0.2, 0.25) is 0 Å². The molecule has 3 rings (SSSR count). The zero-order valence-corrected chi connectivity index (χ0v) is 14.9. The molecule has 0 aliphatic carbocycles. The van der Waals surface area contributed by atoms with Crippen molar-refractivity contribution < 1.29 is 9.66 Å². The third kappa shape index (κ3) is 4.93. The van der Waals surface area contributed by atoms with E-state index < -0.39 is 0 Å². The number of anilines is 3. The normalized spacial score (nSPS) is 14.8. The third-order valence-corrected chi connectivity index (χ3v) is 4.38. The van der Waals surface area contributed by atoms with Crippen molar-refractivity contribution in [2.24, 2.45) is 0 Å². The number of nitro groups is 1. The average Bonchev–Trinajstić information content (AvgIpc) is 2.64. The summed E-state index contributed by atoms with van der Waals surface area (Å²) in [5.41, 5.74) is 3.56. The van der Waals surface area contributed by atoms with Gasteiger partial charge in [0.05, 0.1) is 18.1 Å². The highest BCUT2D eigenvalue weighted by atomic mass is 16.6. The van der Waals surface area contributed by atoms with Crippen molar-refractivity contribution in [2.75, 3.05) is 50.0 Å². The molecule has 0 spiro atoms. The van der Waals surface area contributed by atoms with Gasteiger partial charge in [-0.2, -0.15) is 0 Å². The molecule has 1 fully saturated rings. The Morgan fingerprint density at radius 1 is 1.12 bits per heavy atom. The number of nitrogens with one attached hydrogen (secondary N) is 2. The van der Waals surface area contributed by atoms with Crippen molar-refractivity contribution in [1.82, 2.24) is 4.90 Å². The van der Waals surface area contributed by atoms with Crippen molar-refractivity contribution >= 4 is 22.7 Å². The van der Waals surface area contributed by atoms with E-state index in [4.69, 9.17) is 4.74 Å². The quantitative estimate of drug-likeness (QED) is 0.585. The number of ether oxygens (including phenoxy) is 1. The van der Waals surface area contributed by atoms with Gasteiger partial charge in [-0.3, -0.25) is 15.0 Å². The van der Waals surface area contributed by atoms with E-state index in [1.165, 1.54) is 11.6 Å². The van der Waals surface area contributed by atoms with E-state index in [1.807, 2.05) is 31.2 Å². The minimum absolute atomic E-state index is 0.0847. The summed E-state index contributed by atoms with van der Waals surface area (Å²) in [5.74, 6) is 0. The van der Waals surface area contributed by atoms with Gasteiger partial charge in [-0.1, -0.05) is 17.7 Å². The first-order chi connectivity index (χ1) is 12.6. The maximum absolute atomic E-state index is 11.3. The van der Waals surface area contributed by atoms with E-state index in [0.717, 1.165) is 44.2 Å². The van der Waals surface area contributed by atoms with Gasteiger partial charge in [-0.05, 0) is 31.2 Å². The van der Waals surface area contributed by atoms with Crippen molar-refractivity contribution in [2.45, 2.75) is 6.92 Å². The van der Waals surface area contributed by atoms with Crippen LogP contribution < -0.4 is 10.6 Å². The first-order valence-corrected chi connectivity index (χ1v) is 8.78. The van der Waals surface area contributed by atoms with Crippen LogP contribution in [-0.4, -0.2) is 49.2 Å². The number of morpholine rings is 1. The first-order valence-electron chi connectivity index (χ1n) is 8.78. The number of hydrogen-bond donors (Lipinski definition) is 2.